The van der Waals surface area contributed by atoms with Crippen molar-refractivity contribution in [2.75, 3.05) is 12.4 Å². The van der Waals surface area contributed by atoms with Gasteiger partial charge in [0.05, 0.1) is 4.92 Å². The maximum atomic E-state index is 10.9. The molecule has 7 heteroatoms. The average Bonchev–Trinajstić information content (AvgIpc) is 2.74. The van der Waals surface area contributed by atoms with Crippen molar-refractivity contribution in [3.05, 3.63) is 34.6 Å². The zero-order valence-electron chi connectivity index (χ0n) is 9.41. The molecule has 2 aromatic heterocycles. The molecule has 2 aromatic rings. The van der Waals surface area contributed by atoms with Crippen LogP contribution < -0.4 is 5.32 Å². The first-order valence-electron chi connectivity index (χ1n) is 4.94. The lowest BCUT2D eigenvalue weighted by Gasteiger charge is -2.05. The maximum absolute atomic E-state index is 10.9. The highest BCUT2D eigenvalue weighted by Crippen LogP contribution is 2.27. The third-order valence-corrected chi connectivity index (χ3v) is 2.36. The van der Waals surface area contributed by atoms with Crippen molar-refractivity contribution in [3.63, 3.8) is 0 Å². The van der Waals surface area contributed by atoms with Crippen molar-refractivity contribution < 1.29 is 4.92 Å². The molecule has 2 rings (SSSR count). The van der Waals surface area contributed by atoms with Crippen LogP contribution in [0, 0.1) is 10.1 Å². The molecule has 0 fully saturated rings. The van der Waals surface area contributed by atoms with Crippen molar-refractivity contribution in [2.24, 2.45) is 7.05 Å². The molecule has 0 aliphatic rings. The van der Waals surface area contributed by atoms with Crippen LogP contribution in [0.1, 0.15) is 0 Å². The van der Waals surface area contributed by atoms with Crippen molar-refractivity contribution in [1.29, 1.82) is 0 Å². The molecule has 0 bridgehead atoms. The first-order chi connectivity index (χ1) is 8.13. The highest BCUT2D eigenvalue weighted by Gasteiger charge is 2.20. The highest BCUT2D eigenvalue weighted by atomic mass is 16.6. The van der Waals surface area contributed by atoms with E-state index in [-0.39, 0.29) is 11.4 Å². The number of nitrogens with zero attached hydrogens (tertiary/aromatic N) is 4. The maximum Gasteiger partial charge on any atom is 0.298 e. The van der Waals surface area contributed by atoms with E-state index in [0.717, 1.165) is 0 Å². The van der Waals surface area contributed by atoms with E-state index in [0.29, 0.717) is 11.6 Å². The van der Waals surface area contributed by atoms with Gasteiger partial charge in [-0.3, -0.25) is 10.1 Å². The van der Waals surface area contributed by atoms with Gasteiger partial charge in [0.25, 0.3) is 5.69 Å². The van der Waals surface area contributed by atoms with Crippen LogP contribution >= 0.6 is 0 Å². The summed E-state index contributed by atoms with van der Waals surface area (Å²) < 4.78 is 1.69. The van der Waals surface area contributed by atoms with Gasteiger partial charge < -0.3 is 9.88 Å². The van der Waals surface area contributed by atoms with Crippen LogP contribution in [0.15, 0.2) is 24.5 Å². The Labute approximate surface area is 97.3 Å². The molecule has 2 heterocycles. The van der Waals surface area contributed by atoms with Crippen molar-refractivity contribution in [1.82, 2.24) is 14.5 Å². The first-order valence-corrected chi connectivity index (χ1v) is 4.94. The fraction of sp³-hybridized carbons (Fsp3) is 0.200. The number of anilines is 1. The van der Waals surface area contributed by atoms with Crippen molar-refractivity contribution in [3.8, 4) is 11.5 Å². The van der Waals surface area contributed by atoms with E-state index in [1.807, 2.05) is 0 Å². The summed E-state index contributed by atoms with van der Waals surface area (Å²) in [7, 11) is 3.47. The number of nitro groups is 1. The van der Waals surface area contributed by atoms with Gasteiger partial charge in [-0.25, -0.2) is 9.97 Å². The molecule has 1 N–H and O–H groups in total. The predicted molar refractivity (Wildman–Crippen MR) is 62.6 cm³/mol. The summed E-state index contributed by atoms with van der Waals surface area (Å²) in [5, 5.41) is 13.8. The fourth-order valence-electron chi connectivity index (χ4n) is 1.50. The second-order valence-electron chi connectivity index (χ2n) is 3.43. The van der Waals surface area contributed by atoms with Gasteiger partial charge in [0.1, 0.15) is 5.82 Å². The molecule has 17 heavy (non-hydrogen) atoms. The van der Waals surface area contributed by atoms with Gasteiger partial charge in [-0.2, -0.15) is 0 Å². The van der Waals surface area contributed by atoms with Gasteiger partial charge in [0.15, 0.2) is 11.5 Å². The Balaban J connectivity index is 2.65. The van der Waals surface area contributed by atoms with E-state index in [1.54, 1.807) is 37.1 Å². The van der Waals surface area contributed by atoms with E-state index in [2.05, 4.69) is 15.3 Å². The molecule has 0 spiro atoms. The minimum absolute atomic E-state index is 0.0571. The zero-order chi connectivity index (χ0) is 12.4. The number of rotatable bonds is 3. The minimum Gasteiger partial charge on any atom is -0.373 e. The topological polar surface area (TPSA) is 85.9 Å². The molecule has 0 aromatic carbocycles. The molecule has 0 amide bonds. The average molecular weight is 233 g/mol. The standard InChI is InChI=1S/C10H11N5O2/c1-11-8-4-3-7(15(16)17)9(13-8)10-12-5-6-14(10)2/h3-6H,1-2H3,(H,11,13). The molecular weight excluding hydrogens is 222 g/mol. The summed E-state index contributed by atoms with van der Waals surface area (Å²) in [4.78, 5) is 18.7. The second-order valence-corrected chi connectivity index (χ2v) is 3.43. The van der Waals surface area contributed by atoms with E-state index < -0.39 is 4.92 Å². The van der Waals surface area contributed by atoms with Crippen LogP contribution in [0.3, 0.4) is 0 Å². The molecule has 0 saturated carbocycles. The summed E-state index contributed by atoms with van der Waals surface area (Å²) in [6.45, 7) is 0. The van der Waals surface area contributed by atoms with Gasteiger partial charge in [-0.15, -0.1) is 0 Å². The second kappa shape index (κ2) is 4.20. The van der Waals surface area contributed by atoms with Crippen LogP contribution in [-0.4, -0.2) is 26.5 Å². The fourth-order valence-corrected chi connectivity index (χ4v) is 1.50. The smallest absolute Gasteiger partial charge is 0.298 e. The Morgan fingerprint density at radius 1 is 1.47 bits per heavy atom. The summed E-state index contributed by atoms with van der Waals surface area (Å²) >= 11 is 0. The number of nitrogens with one attached hydrogen (secondary N) is 1. The van der Waals surface area contributed by atoms with Crippen LogP contribution in [0.2, 0.25) is 0 Å². The SMILES string of the molecule is CNc1ccc([N+](=O)[O-])c(-c2nccn2C)n1. The summed E-state index contributed by atoms with van der Waals surface area (Å²) in [6.07, 6.45) is 3.29. The molecule has 0 aliphatic heterocycles. The van der Waals surface area contributed by atoms with Gasteiger partial charge in [0.2, 0.25) is 0 Å². The Bertz CT molecular complexity index is 564. The number of aromatic nitrogens is 3. The number of imidazole rings is 1. The molecule has 0 aliphatic carbocycles. The van der Waals surface area contributed by atoms with Crippen LogP contribution in [0.4, 0.5) is 11.5 Å². The lowest BCUT2D eigenvalue weighted by molar-refractivity contribution is -0.384. The van der Waals surface area contributed by atoms with E-state index >= 15 is 0 Å². The molecular formula is C10H11N5O2. The first kappa shape index (κ1) is 11.1. The molecule has 0 unspecified atom stereocenters. The summed E-state index contributed by atoms with van der Waals surface area (Å²) in [6, 6.07) is 2.98. The van der Waals surface area contributed by atoms with Gasteiger partial charge in [0, 0.05) is 32.6 Å². The Morgan fingerprint density at radius 2 is 2.24 bits per heavy atom. The molecule has 88 valence electrons. The zero-order valence-corrected chi connectivity index (χ0v) is 9.41. The molecule has 7 nitrogen and oxygen atoms in total. The normalized spacial score (nSPS) is 10.2. The van der Waals surface area contributed by atoms with Crippen LogP contribution in [-0.2, 0) is 7.05 Å². The highest BCUT2D eigenvalue weighted by molar-refractivity contribution is 5.66. The predicted octanol–water partition coefficient (Wildman–Crippen LogP) is 1.43. The molecule has 0 radical (unpaired) electrons. The van der Waals surface area contributed by atoms with E-state index in [1.165, 1.54) is 6.07 Å². The van der Waals surface area contributed by atoms with E-state index in [4.69, 9.17) is 0 Å². The minimum atomic E-state index is -0.462. The monoisotopic (exact) mass is 233 g/mol. The van der Waals surface area contributed by atoms with Gasteiger partial charge in [-0.05, 0) is 6.07 Å². The number of aryl methyl sites for hydroxylation is 1. The number of pyridine rings is 1. The number of hydrogen-bond donors (Lipinski definition) is 1. The number of hydrogen-bond acceptors (Lipinski definition) is 5. The van der Waals surface area contributed by atoms with Gasteiger partial charge in [-0.1, -0.05) is 0 Å². The lowest BCUT2D eigenvalue weighted by Crippen LogP contribution is -2.02. The Kier molecular flexibility index (Phi) is 2.73. The summed E-state index contributed by atoms with van der Waals surface area (Å²) in [5.41, 5.74) is 0.202. The van der Waals surface area contributed by atoms with Crippen molar-refractivity contribution in [2.45, 2.75) is 0 Å². The molecule has 0 atom stereocenters. The quantitative estimate of drug-likeness (QED) is 0.640. The summed E-state index contributed by atoms with van der Waals surface area (Å²) in [5.74, 6) is 1.03. The van der Waals surface area contributed by atoms with Gasteiger partial charge >= 0.3 is 0 Å². The third kappa shape index (κ3) is 1.94. The lowest BCUT2D eigenvalue weighted by atomic mass is 10.2. The van der Waals surface area contributed by atoms with E-state index in [9.17, 15) is 10.1 Å². The third-order valence-electron chi connectivity index (χ3n) is 2.36. The Hall–Kier alpha value is -2.44. The van der Waals surface area contributed by atoms with Crippen LogP contribution in [0.25, 0.3) is 11.5 Å². The van der Waals surface area contributed by atoms with Crippen molar-refractivity contribution >= 4 is 11.5 Å². The van der Waals surface area contributed by atoms with Crippen LogP contribution in [0.5, 0.6) is 0 Å². The largest absolute Gasteiger partial charge is 0.373 e. The Morgan fingerprint density at radius 3 is 2.76 bits per heavy atom. The molecule has 0 saturated heterocycles.